The zero-order valence-electron chi connectivity index (χ0n) is 14.6. The van der Waals surface area contributed by atoms with Crippen LogP contribution in [0, 0.1) is 0 Å². The third-order valence-electron chi connectivity index (χ3n) is 3.67. The average Bonchev–Trinajstić information content (AvgIpc) is 2.50. The first-order chi connectivity index (χ1) is 10.8. The van der Waals surface area contributed by atoms with E-state index in [-0.39, 0.29) is 36.8 Å². The Hall–Kier alpha value is -1.88. The second-order valence-electron chi connectivity index (χ2n) is 6.03. The molecule has 0 aliphatic rings. The Balaban J connectivity index is 3.36. The number of amides is 1. The van der Waals surface area contributed by atoms with Gasteiger partial charge < -0.3 is 14.7 Å². The maximum Gasteiger partial charge on any atom is 0.258 e. The molecule has 1 N–H and O–H groups in total. The first-order valence-electron chi connectivity index (χ1n) is 7.98. The fourth-order valence-electron chi connectivity index (χ4n) is 2.72. The zero-order chi connectivity index (χ0) is 17.6. The number of hydrogen-bond donors (Lipinski definition) is 1. The number of carbonyl (C=O) groups is 2. The van der Waals surface area contributed by atoms with Crippen molar-refractivity contribution in [2.75, 3.05) is 13.7 Å². The third kappa shape index (κ3) is 4.55. The highest BCUT2D eigenvalue weighted by molar-refractivity contribution is 6.09. The Morgan fingerprint density at radius 3 is 2.26 bits per heavy atom. The van der Waals surface area contributed by atoms with Crippen LogP contribution in [-0.4, -0.2) is 47.5 Å². The summed E-state index contributed by atoms with van der Waals surface area (Å²) in [7, 11) is 1.49. The molecule has 0 aliphatic carbocycles. The maximum atomic E-state index is 13.1. The summed E-state index contributed by atoms with van der Waals surface area (Å²) in [6.07, 6.45) is 0.578. The largest absolute Gasteiger partial charge is 0.496 e. The van der Waals surface area contributed by atoms with Gasteiger partial charge in [0.05, 0.1) is 12.7 Å². The summed E-state index contributed by atoms with van der Waals surface area (Å²) < 4.78 is 5.32. The van der Waals surface area contributed by atoms with Gasteiger partial charge in [-0.25, -0.2) is 0 Å². The van der Waals surface area contributed by atoms with Gasteiger partial charge in [0.2, 0.25) is 0 Å². The van der Waals surface area contributed by atoms with E-state index in [0.29, 0.717) is 23.3 Å². The normalized spacial score (nSPS) is 11.0. The molecule has 0 spiro atoms. The molecule has 0 bridgehead atoms. The predicted molar refractivity (Wildman–Crippen MR) is 90.1 cm³/mol. The molecule has 0 aromatic heterocycles. The number of carbonyl (C=O) groups excluding carboxylic acids is 2. The molecule has 0 saturated carbocycles. The smallest absolute Gasteiger partial charge is 0.258 e. The highest BCUT2D eigenvalue weighted by Gasteiger charge is 2.28. The number of benzene rings is 1. The monoisotopic (exact) mass is 321 g/mol. The van der Waals surface area contributed by atoms with Crippen molar-refractivity contribution in [1.29, 1.82) is 0 Å². The highest BCUT2D eigenvalue weighted by atomic mass is 16.5. The Morgan fingerprint density at radius 2 is 1.78 bits per heavy atom. The average molecular weight is 321 g/mol. The minimum absolute atomic E-state index is 0.00723. The first-order valence-corrected chi connectivity index (χ1v) is 7.98. The van der Waals surface area contributed by atoms with E-state index < -0.39 is 0 Å². The molecule has 0 radical (unpaired) electrons. The van der Waals surface area contributed by atoms with Crippen molar-refractivity contribution >= 4 is 11.7 Å². The van der Waals surface area contributed by atoms with Crippen molar-refractivity contribution in [2.24, 2.45) is 0 Å². The van der Waals surface area contributed by atoms with Crippen LogP contribution in [0.15, 0.2) is 18.2 Å². The Labute approximate surface area is 138 Å². The van der Waals surface area contributed by atoms with Gasteiger partial charge in [-0.1, -0.05) is 12.1 Å². The predicted octanol–water partition coefficient (Wildman–Crippen LogP) is 2.91. The number of hydrogen-bond acceptors (Lipinski definition) is 4. The lowest BCUT2D eigenvalue weighted by Crippen LogP contribution is -2.42. The van der Waals surface area contributed by atoms with Crippen molar-refractivity contribution in [1.82, 2.24) is 4.90 Å². The second kappa shape index (κ2) is 8.67. The number of nitrogens with zero attached hydrogens (tertiary/aromatic N) is 1. The topological polar surface area (TPSA) is 66.8 Å². The van der Waals surface area contributed by atoms with Gasteiger partial charge in [0.1, 0.15) is 5.75 Å². The van der Waals surface area contributed by atoms with Crippen molar-refractivity contribution in [3.8, 4) is 5.75 Å². The molecule has 5 nitrogen and oxygen atoms in total. The summed E-state index contributed by atoms with van der Waals surface area (Å²) in [5.41, 5.74) is 0.662. The van der Waals surface area contributed by atoms with Gasteiger partial charge in [-0.2, -0.15) is 0 Å². The molecule has 0 aliphatic heterocycles. The summed E-state index contributed by atoms with van der Waals surface area (Å²) in [6.45, 7) is 7.73. The van der Waals surface area contributed by atoms with Gasteiger partial charge in [0, 0.05) is 30.7 Å². The summed E-state index contributed by atoms with van der Waals surface area (Å²) in [5.74, 6) is 0.0321. The van der Waals surface area contributed by atoms with Crippen LogP contribution in [0.2, 0.25) is 0 Å². The number of Topliss-reactive ketones (excluding diaryl/α,β-unsaturated/α-hetero) is 1. The van der Waals surface area contributed by atoms with E-state index in [1.807, 2.05) is 27.7 Å². The Kier molecular flexibility index (Phi) is 7.23. The van der Waals surface area contributed by atoms with E-state index in [1.165, 1.54) is 7.11 Å². The van der Waals surface area contributed by atoms with Gasteiger partial charge in [0.15, 0.2) is 5.78 Å². The van der Waals surface area contributed by atoms with E-state index in [4.69, 9.17) is 9.84 Å². The maximum absolute atomic E-state index is 13.1. The highest BCUT2D eigenvalue weighted by Crippen LogP contribution is 2.27. The standard InChI is InChI=1S/C18H27NO4/c1-12(2)19(13(3)4)18(22)17-14(15(21)9-7-11-20)8-6-10-16(17)23-5/h6,8,10,12-13,20H,7,9,11H2,1-5H3. The fraction of sp³-hybridized carbons (Fsp3) is 0.556. The van der Waals surface area contributed by atoms with Crippen LogP contribution in [0.1, 0.15) is 61.3 Å². The van der Waals surface area contributed by atoms with Crippen molar-refractivity contribution < 1.29 is 19.4 Å². The molecule has 1 aromatic carbocycles. The van der Waals surface area contributed by atoms with Crippen LogP contribution in [0.25, 0.3) is 0 Å². The van der Waals surface area contributed by atoms with Crippen LogP contribution in [-0.2, 0) is 0 Å². The molecule has 23 heavy (non-hydrogen) atoms. The molecule has 1 aromatic rings. The minimum atomic E-state index is -0.209. The summed E-state index contributed by atoms with van der Waals surface area (Å²) >= 11 is 0. The number of ether oxygens (including phenoxy) is 1. The van der Waals surface area contributed by atoms with E-state index in [2.05, 4.69) is 0 Å². The van der Waals surface area contributed by atoms with E-state index >= 15 is 0 Å². The quantitative estimate of drug-likeness (QED) is 0.748. The second-order valence-corrected chi connectivity index (χ2v) is 6.03. The summed E-state index contributed by atoms with van der Waals surface area (Å²) in [6, 6.07) is 5.06. The van der Waals surface area contributed by atoms with Gasteiger partial charge in [0.25, 0.3) is 5.91 Å². The first kappa shape index (κ1) is 19.2. The van der Waals surface area contributed by atoms with Crippen LogP contribution in [0.3, 0.4) is 0 Å². The molecule has 0 heterocycles. The number of ketones is 1. The Bertz CT molecular complexity index is 544. The lowest BCUT2D eigenvalue weighted by atomic mass is 9.97. The summed E-state index contributed by atoms with van der Waals surface area (Å²) in [5, 5.41) is 8.92. The third-order valence-corrected chi connectivity index (χ3v) is 3.67. The molecule has 128 valence electrons. The molecule has 1 rings (SSSR count). The zero-order valence-corrected chi connectivity index (χ0v) is 14.6. The number of methoxy groups -OCH3 is 1. The molecule has 0 atom stereocenters. The van der Waals surface area contributed by atoms with E-state index in [9.17, 15) is 9.59 Å². The van der Waals surface area contributed by atoms with E-state index in [0.717, 1.165) is 0 Å². The van der Waals surface area contributed by atoms with Crippen LogP contribution >= 0.6 is 0 Å². The fourth-order valence-corrected chi connectivity index (χ4v) is 2.72. The summed E-state index contributed by atoms with van der Waals surface area (Å²) in [4.78, 5) is 27.2. The van der Waals surface area contributed by atoms with E-state index in [1.54, 1.807) is 23.1 Å². The van der Waals surface area contributed by atoms with Crippen LogP contribution < -0.4 is 4.74 Å². The van der Waals surface area contributed by atoms with Crippen LogP contribution in [0.5, 0.6) is 5.75 Å². The molecule has 0 saturated heterocycles. The van der Waals surface area contributed by atoms with Crippen LogP contribution in [0.4, 0.5) is 0 Å². The van der Waals surface area contributed by atoms with Crippen molar-refractivity contribution in [3.63, 3.8) is 0 Å². The lowest BCUT2D eigenvalue weighted by molar-refractivity contribution is 0.0636. The molecule has 5 heteroatoms. The molecular formula is C18H27NO4. The van der Waals surface area contributed by atoms with Gasteiger partial charge in [-0.15, -0.1) is 0 Å². The SMILES string of the molecule is COc1cccc(C(=O)CCCO)c1C(=O)N(C(C)C)C(C)C. The van der Waals surface area contributed by atoms with Gasteiger partial charge in [-0.05, 0) is 40.2 Å². The van der Waals surface area contributed by atoms with Crippen molar-refractivity contribution in [3.05, 3.63) is 29.3 Å². The molecule has 0 fully saturated rings. The number of rotatable bonds is 8. The Morgan fingerprint density at radius 1 is 1.17 bits per heavy atom. The number of aliphatic hydroxyl groups excluding tert-OH is 1. The molecule has 1 amide bonds. The molecule has 0 unspecified atom stereocenters. The van der Waals surface area contributed by atoms with Crippen molar-refractivity contribution in [2.45, 2.75) is 52.6 Å². The molecular weight excluding hydrogens is 294 g/mol. The number of aliphatic hydroxyl groups is 1. The lowest BCUT2D eigenvalue weighted by Gasteiger charge is -2.31. The van der Waals surface area contributed by atoms with Gasteiger partial charge in [-0.3, -0.25) is 9.59 Å². The minimum Gasteiger partial charge on any atom is -0.496 e. The van der Waals surface area contributed by atoms with Gasteiger partial charge >= 0.3 is 0 Å².